The van der Waals surface area contributed by atoms with Crippen molar-refractivity contribution in [3.05, 3.63) is 23.0 Å². The van der Waals surface area contributed by atoms with E-state index in [2.05, 4.69) is 15.2 Å². The molecule has 0 saturated heterocycles. The van der Waals surface area contributed by atoms with Crippen LogP contribution in [0.25, 0.3) is 4.96 Å². The number of fused-ring (bicyclic) bond motifs is 1. The van der Waals surface area contributed by atoms with Gasteiger partial charge in [-0.1, -0.05) is 0 Å². The first-order valence-electron chi connectivity index (χ1n) is 4.22. The van der Waals surface area contributed by atoms with Crippen molar-refractivity contribution < 1.29 is 0 Å². The van der Waals surface area contributed by atoms with Gasteiger partial charge in [0.1, 0.15) is 0 Å². The zero-order valence-corrected chi connectivity index (χ0v) is 8.90. The molecule has 0 atom stereocenters. The zero-order valence-electron chi connectivity index (χ0n) is 8.08. The van der Waals surface area contributed by atoms with Crippen LogP contribution in [0.4, 0.5) is 0 Å². The van der Waals surface area contributed by atoms with Crippen molar-refractivity contribution >= 4 is 28.5 Å². The Labute approximate surface area is 89.9 Å². The van der Waals surface area contributed by atoms with Gasteiger partial charge in [-0.15, -0.1) is 16.4 Å². The molecule has 0 aliphatic rings. The Hall–Kier alpha value is -1.89. The molecule has 4 N–H and O–H groups in total. The van der Waals surface area contributed by atoms with E-state index in [4.69, 9.17) is 11.5 Å². The number of hydrogen-bond acceptors (Lipinski definition) is 4. The smallest absolute Gasteiger partial charge is 0.211 e. The predicted octanol–water partition coefficient (Wildman–Crippen LogP) is 0.312. The van der Waals surface area contributed by atoms with Crippen LogP contribution in [0.15, 0.2) is 21.8 Å². The minimum absolute atomic E-state index is 0.0602. The number of imidazole rings is 1. The zero-order chi connectivity index (χ0) is 10.8. The number of aryl methyl sites for hydroxylation is 1. The van der Waals surface area contributed by atoms with Gasteiger partial charge < -0.3 is 11.5 Å². The molecule has 0 radical (unpaired) electrons. The van der Waals surface area contributed by atoms with E-state index in [1.54, 1.807) is 17.6 Å². The Morgan fingerprint density at radius 2 is 2.40 bits per heavy atom. The van der Waals surface area contributed by atoms with Crippen LogP contribution in [0.3, 0.4) is 0 Å². The summed E-state index contributed by atoms with van der Waals surface area (Å²) < 4.78 is 1.94. The summed E-state index contributed by atoms with van der Waals surface area (Å²) in [5.74, 6) is -0.0602. The molecule has 0 fully saturated rings. The van der Waals surface area contributed by atoms with Gasteiger partial charge in [0.05, 0.1) is 17.6 Å². The van der Waals surface area contributed by atoms with Crippen molar-refractivity contribution in [1.82, 2.24) is 9.38 Å². The lowest BCUT2D eigenvalue weighted by Crippen LogP contribution is -2.21. The molecule has 15 heavy (non-hydrogen) atoms. The highest BCUT2D eigenvalue weighted by Gasteiger charge is 2.06. The summed E-state index contributed by atoms with van der Waals surface area (Å²) in [7, 11) is 0. The fraction of sp³-hybridized carbons (Fsp3) is 0.125. The highest BCUT2D eigenvalue weighted by atomic mass is 32.1. The van der Waals surface area contributed by atoms with E-state index in [0.717, 1.165) is 16.3 Å². The summed E-state index contributed by atoms with van der Waals surface area (Å²) in [4.78, 5) is 5.28. The first-order valence-corrected chi connectivity index (χ1v) is 5.10. The van der Waals surface area contributed by atoms with Crippen LogP contribution in [0.5, 0.6) is 0 Å². The fourth-order valence-electron chi connectivity index (χ4n) is 1.22. The van der Waals surface area contributed by atoms with Crippen molar-refractivity contribution in [2.24, 2.45) is 21.7 Å². The topological polar surface area (TPSA) is 94.1 Å². The first kappa shape index (κ1) is 9.66. The van der Waals surface area contributed by atoms with Crippen LogP contribution < -0.4 is 11.5 Å². The third-order valence-corrected chi connectivity index (χ3v) is 2.59. The van der Waals surface area contributed by atoms with E-state index in [9.17, 15) is 0 Å². The molecule has 2 aromatic rings. The normalized spacial score (nSPS) is 11.3. The second-order valence-corrected chi connectivity index (χ2v) is 3.78. The largest absolute Gasteiger partial charge is 0.369 e. The predicted molar refractivity (Wildman–Crippen MR) is 61.2 cm³/mol. The molecular formula is C8H10N6S. The van der Waals surface area contributed by atoms with Gasteiger partial charge in [-0.2, -0.15) is 5.10 Å². The molecule has 6 nitrogen and oxygen atoms in total. The second kappa shape index (κ2) is 3.70. The average molecular weight is 222 g/mol. The maximum atomic E-state index is 5.16. The number of hydrogen-bond donors (Lipinski definition) is 2. The van der Waals surface area contributed by atoms with Crippen molar-refractivity contribution in [2.75, 3.05) is 0 Å². The van der Waals surface area contributed by atoms with Crippen molar-refractivity contribution in [3.8, 4) is 0 Å². The van der Waals surface area contributed by atoms with Gasteiger partial charge in [-0.25, -0.2) is 4.98 Å². The standard InChI is InChI=1S/C8H10N6S/c1-5-6(4-11-13-7(9)10)14-2-3-15-8(14)12-5/h2-4H,1H3,(H4,9,10,13)/b11-4-. The van der Waals surface area contributed by atoms with Gasteiger partial charge in [-0.05, 0) is 6.92 Å². The van der Waals surface area contributed by atoms with Crippen LogP contribution in [0, 0.1) is 6.92 Å². The SMILES string of the molecule is Cc1nc2sccn2c1/C=N\N=C(N)N. The van der Waals surface area contributed by atoms with E-state index in [0.29, 0.717) is 0 Å². The molecule has 0 spiro atoms. The highest BCUT2D eigenvalue weighted by Crippen LogP contribution is 2.14. The molecule has 78 valence electrons. The molecule has 7 heteroatoms. The summed E-state index contributed by atoms with van der Waals surface area (Å²) >= 11 is 1.57. The fourth-order valence-corrected chi connectivity index (χ4v) is 1.98. The number of nitrogens with zero attached hydrogens (tertiary/aromatic N) is 4. The summed E-state index contributed by atoms with van der Waals surface area (Å²) in [5, 5.41) is 9.25. The van der Waals surface area contributed by atoms with Crippen LogP contribution in [-0.4, -0.2) is 21.6 Å². The molecule has 0 saturated carbocycles. The van der Waals surface area contributed by atoms with Gasteiger partial charge in [-0.3, -0.25) is 4.40 Å². The molecule has 0 aliphatic heterocycles. The lowest BCUT2D eigenvalue weighted by molar-refractivity contribution is 1.17. The lowest BCUT2D eigenvalue weighted by Gasteiger charge is -1.90. The summed E-state index contributed by atoms with van der Waals surface area (Å²) in [6.07, 6.45) is 3.51. The number of thiazole rings is 1. The maximum absolute atomic E-state index is 5.16. The minimum Gasteiger partial charge on any atom is -0.369 e. The van der Waals surface area contributed by atoms with Gasteiger partial charge in [0.2, 0.25) is 5.96 Å². The molecule has 2 rings (SSSR count). The Kier molecular flexibility index (Phi) is 2.38. The maximum Gasteiger partial charge on any atom is 0.211 e. The molecule has 0 bridgehead atoms. The Morgan fingerprint density at radius 1 is 1.60 bits per heavy atom. The second-order valence-electron chi connectivity index (χ2n) is 2.91. The Bertz CT molecular complexity index is 530. The molecule has 0 amide bonds. The highest BCUT2D eigenvalue weighted by molar-refractivity contribution is 7.15. The third kappa shape index (κ3) is 1.82. The van der Waals surface area contributed by atoms with E-state index >= 15 is 0 Å². The van der Waals surface area contributed by atoms with Crippen molar-refractivity contribution in [2.45, 2.75) is 6.92 Å². The number of aromatic nitrogens is 2. The molecule has 2 heterocycles. The summed E-state index contributed by atoms with van der Waals surface area (Å²) in [5.41, 5.74) is 12.1. The van der Waals surface area contributed by atoms with Crippen LogP contribution in [0.1, 0.15) is 11.4 Å². The van der Waals surface area contributed by atoms with Gasteiger partial charge >= 0.3 is 0 Å². The monoisotopic (exact) mass is 222 g/mol. The molecule has 0 aromatic carbocycles. The first-order chi connectivity index (χ1) is 7.18. The van der Waals surface area contributed by atoms with E-state index in [1.807, 2.05) is 22.9 Å². The van der Waals surface area contributed by atoms with Gasteiger partial charge in [0, 0.05) is 11.6 Å². The quantitative estimate of drug-likeness (QED) is 0.435. The van der Waals surface area contributed by atoms with Gasteiger partial charge in [0.15, 0.2) is 4.96 Å². The van der Waals surface area contributed by atoms with E-state index in [1.165, 1.54) is 0 Å². The number of guanidine groups is 1. The molecule has 2 aromatic heterocycles. The lowest BCUT2D eigenvalue weighted by atomic mass is 10.4. The molecule has 0 aliphatic carbocycles. The molecular weight excluding hydrogens is 212 g/mol. The summed E-state index contributed by atoms with van der Waals surface area (Å²) in [6.45, 7) is 1.91. The van der Waals surface area contributed by atoms with Crippen LogP contribution in [0.2, 0.25) is 0 Å². The van der Waals surface area contributed by atoms with E-state index < -0.39 is 0 Å². The number of rotatable bonds is 2. The van der Waals surface area contributed by atoms with Crippen LogP contribution in [-0.2, 0) is 0 Å². The molecule has 0 unspecified atom stereocenters. The summed E-state index contributed by atoms with van der Waals surface area (Å²) in [6, 6.07) is 0. The minimum atomic E-state index is -0.0602. The Morgan fingerprint density at radius 3 is 3.13 bits per heavy atom. The number of nitrogens with two attached hydrogens (primary N) is 2. The van der Waals surface area contributed by atoms with Crippen molar-refractivity contribution in [1.29, 1.82) is 0 Å². The average Bonchev–Trinajstić information content (AvgIpc) is 2.68. The Balaban J connectivity index is 2.42. The van der Waals surface area contributed by atoms with E-state index in [-0.39, 0.29) is 5.96 Å². The van der Waals surface area contributed by atoms with Crippen LogP contribution >= 0.6 is 11.3 Å². The van der Waals surface area contributed by atoms with Crippen molar-refractivity contribution in [3.63, 3.8) is 0 Å². The van der Waals surface area contributed by atoms with Gasteiger partial charge in [0.25, 0.3) is 0 Å². The third-order valence-electron chi connectivity index (χ3n) is 1.84.